The van der Waals surface area contributed by atoms with E-state index in [1.165, 1.54) is 23.1 Å². The number of carbonyl (C=O) groups excluding carboxylic acids is 1. The minimum Gasteiger partial charge on any atom is -0.325 e. The number of aryl methyl sites for hydroxylation is 1. The maximum absolute atomic E-state index is 12.8. The van der Waals surface area contributed by atoms with Gasteiger partial charge < -0.3 is 5.32 Å². The number of anilines is 2. The summed E-state index contributed by atoms with van der Waals surface area (Å²) in [7, 11) is -3.93. The van der Waals surface area contributed by atoms with Gasteiger partial charge in [0.1, 0.15) is 11.2 Å². The van der Waals surface area contributed by atoms with Crippen LogP contribution in [0, 0.1) is 6.92 Å². The lowest BCUT2D eigenvalue weighted by Crippen LogP contribution is -2.14. The first-order valence-corrected chi connectivity index (χ1v) is 9.69. The number of benzene rings is 2. The minimum absolute atomic E-state index is 0.0329. The maximum Gasteiger partial charge on any atom is 0.263 e. The predicted molar refractivity (Wildman–Crippen MR) is 98.5 cm³/mol. The standard InChI is InChI=1S/C16H13ClN6O3S/c1-9-4-11(2-3-14(9)23-8-18-21-22-23)20-27(25,26)15-5-10-6-16(24)19-13(10)7-12(15)17/h2-5,7-8,20H,6H2,1H3,(H,19,24). The maximum atomic E-state index is 12.8. The van der Waals surface area contributed by atoms with Crippen LogP contribution < -0.4 is 10.0 Å². The van der Waals surface area contributed by atoms with Crippen LogP contribution in [0.2, 0.25) is 5.02 Å². The highest BCUT2D eigenvalue weighted by atomic mass is 35.5. The number of rotatable bonds is 4. The van der Waals surface area contributed by atoms with Gasteiger partial charge in [0.2, 0.25) is 5.91 Å². The van der Waals surface area contributed by atoms with E-state index in [-0.39, 0.29) is 22.2 Å². The Hall–Kier alpha value is -2.98. The Kier molecular flexibility index (Phi) is 4.08. The van der Waals surface area contributed by atoms with Crippen molar-refractivity contribution in [2.75, 3.05) is 10.0 Å². The molecule has 0 aliphatic carbocycles. The second kappa shape index (κ2) is 6.32. The molecule has 0 fully saturated rings. The van der Waals surface area contributed by atoms with Crippen LogP contribution in [0.1, 0.15) is 11.1 Å². The van der Waals surface area contributed by atoms with E-state index in [0.717, 1.165) is 11.3 Å². The summed E-state index contributed by atoms with van der Waals surface area (Å²) in [5, 5.41) is 13.6. The molecular weight excluding hydrogens is 392 g/mol. The molecule has 1 aliphatic rings. The van der Waals surface area contributed by atoms with Gasteiger partial charge >= 0.3 is 0 Å². The van der Waals surface area contributed by atoms with E-state index < -0.39 is 10.0 Å². The van der Waals surface area contributed by atoms with Crippen LogP contribution in [-0.2, 0) is 21.2 Å². The summed E-state index contributed by atoms with van der Waals surface area (Å²) >= 11 is 6.13. The fourth-order valence-corrected chi connectivity index (χ4v) is 4.52. The Morgan fingerprint density at radius 2 is 2.07 bits per heavy atom. The van der Waals surface area contributed by atoms with Gasteiger partial charge in [-0.25, -0.2) is 13.1 Å². The van der Waals surface area contributed by atoms with Crippen LogP contribution in [0.5, 0.6) is 0 Å². The lowest BCUT2D eigenvalue weighted by atomic mass is 10.2. The number of nitrogens with zero attached hydrogens (tertiary/aromatic N) is 4. The van der Waals surface area contributed by atoms with Crippen molar-refractivity contribution in [1.29, 1.82) is 0 Å². The summed E-state index contributed by atoms with van der Waals surface area (Å²) in [6.07, 6.45) is 1.57. The smallest absolute Gasteiger partial charge is 0.263 e. The third-order valence-corrected chi connectivity index (χ3v) is 5.96. The number of hydrogen-bond acceptors (Lipinski definition) is 6. The quantitative estimate of drug-likeness (QED) is 0.685. The summed E-state index contributed by atoms with van der Waals surface area (Å²) in [6.45, 7) is 1.81. The van der Waals surface area contributed by atoms with E-state index >= 15 is 0 Å². The van der Waals surface area contributed by atoms with Crippen LogP contribution in [0.15, 0.2) is 41.6 Å². The number of amides is 1. The van der Waals surface area contributed by atoms with Gasteiger partial charge in [-0.05, 0) is 58.8 Å². The molecule has 27 heavy (non-hydrogen) atoms. The predicted octanol–water partition coefficient (Wildman–Crippen LogP) is 1.92. The average molecular weight is 405 g/mol. The molecule has 2 aromatic carbocycles. The number of sulfonamides is 1. The highest BCUT2D eigenvalue weighted by Gasteiger charge is 2.25. The molecule has 0 atom stereocenters. The molecule has 2 N–H and O–H groups in total. The summed E-state index contributed by atoms with van der Waals surface area (Å²) in [6, 6.07) is 7.84. The highest BCUT2D eigenvalue weighted by Crippen LogP contribution is 2.33. The second-order valence-corrected chi connectivity index (χ2v) is 8.08. The number of aromatic nitrogens is 4. The Balaban J connectivity index is 1.66. The first-order valence-electron chi connectivity index (χ1n) is 7.82. The number of nitrogens with one attached hydrogen (secondary N) is 2. The van der Waals surface area contributed by atoms with Gasteiger partial charge in [0.15, 0.2) is 0 Å². The second-order valence-electron chi connectivity index (χ2n) is 6.03. The van der Waals surface area contributed by atoms with Crippen molar-refractivity contribution < 1.29 is 13.2 Å². The fraction of sp³-hybridized carbons (Fsp3) is 0.125. The Morgan fingerprint density at radius 3 is 2.78 bits per heavy atom. The van der Waals surface area contributed by atoms with Gasteiger partial charge in [-0.3, -0.25) is 9.52 Å². The first kappa shape index (κ1) is 17.4. The van der Waals surface area contributed by atoms with Crippen molar-refractivity contribution in [3.05, 3.63) is 52.8 Å². The molecule has 1 aromatic heterocycles. The van der Waals surface area contributed by atoms with E-state index in [1.54, 1.807) is 18.2 Å². The van der Waals surface area contributed by atoms with Gasteiger partial charge in [0.25, 0.3) is 10.0 Å². The SMILES string of the molecule is Cc1cc(NS(=O)(=O)c2cc3c(cc2Cl)NC(=O)C3)ccc1-n1cnnn1. The molecule has 0 spiro atoms. The van der Waals surface area contributed by atoms with E-state index in [1.807, 2.05) is 6.92 Å². The van der Waals surface area contributed by atoms with Gasteiger partial charge in [-0.2, -0.15) is 0 Å². The number of hydrogen-bond donors (Lipinski definition) is 2. The van der Waals surface area contributed by atoms with Crippen molar-refractivity contribution in [2.24, 2.45) is 0 Å². The number of fused-ring (bicyclic) bond motifs is 1. The Morgan fingerprint density at radius 1 is 1.26 bits per heavy atom. The minimum atomic E-state index is -3.93. The van der Waals surface area contributed by atoms with Crippen LogP contribution in [-0.4, -0.2) is 34.5 Å². The molecule has 1 amide bonds. The highest BCUT2D eigenvalue weighted by molar-refractivity contribution is 7.92. The third kappa shape index (κ3) is 3.24. The molecule has 1 aliphatic heterocycles. The van der Waals surface area contributed by atoms with Gasteiger partial charge in [-0.1, -0.05) is 11.6 Å². The summed E-state index contributed by atoms with van der Waals surface area (Å²) in [5.74, 6) is -0.197. The molecule has 9 nitrogen and oxygen atoms in total. The van der Waals surface area contributed by atoms with Crippen molar-refractivity contribution in [1.82, 2.24) is 20.2 Å². The zero-order chi connectivity index (χ0) is 19.2. The molecule has 11 heteroatoms. The molecule has 0 bridgehead atoms. The van der Waals surface area contributed by atoms with Crippen LogP contribution in [0.4, 0.5) is 11.4 Å². The molecule has 3 aromatic rings. The van der Waals surface area contributed by atoms with Crippen molar-refractivity contribution in [2.45, 2.75) is 18.2 Å². The monoisotopic (exact) mass is 404 g/mol. The fourth-order valence-electron chi connectivity index (χ4n) is 2.89. The Bertz CT molecular complexity index is 1160. The molecule has 138 valence electrons. The normalized spacial score (nSPS) is 13.3. The molecule has 4 rings (SSSR count). The van der Waals surface area contributed by atoms with E-state index in [0.29, 0.717) is 16.9 Å². The molecule has 0 unspecified atom stereocenters. The number of halogens is 1. The first-order chi connectivity index (χ1) is 12.8. The topological polar surface area (TPSA) is 119 Å². The molecule has 0 radical (unpaired) electrons. The van der Waals surface area contributed by atoms with Gasteiger partial charge in [0, 0.05) is 11.4 Å². The Labute approximate surface area is 159 Å². The van der Waals surface area contributed by atoms with Crippen LogP contribution >= 0.6 is 11.6 Å². The lowest BCUT2D eigenvalue weighted by Gasteiger charge is -2.13. The summed E-state index contributed by atoms with van der Waals surface area (Å²) in [4.78, 5) is 11.4. The number of tetrazole rings is 1. The molecule has 2 heterocycles. The lowest BCUT2D eigenvalue weighted by molar-refractivity contribution is -0.115. The largest absolute Gasteiger partial charge is 0.325 e. The van der Waals surface area contributed by atoms with Crippen molar-refractivity contribution in [3.63, 3.8) is 0 Å². The zero-order valence-electron chi connectivity index (χ0n) is 14.0. The van der Waals surface area contributed by atoms with Crippen molar-refractivity contribution in [3.8, 4) is 5.69 Å². The molecular formula is C16H13ClN6O3S. The average Bonchev–Trinajstić information content (AvgIpc) is 3.22. The van der Waals surface area contributed by atoms with Gasteiger partial charge in [0.05, 0.1) is 17.1 Å². The number of carbonyl (C=O) groups is 1. The van der Waals surface area contributed by atoms with E-state index in [9.17, 15) is 13.2 Å². The summed E-state index contributed by atoms with van der Waals surface area (Å²) < 4.78 is 29.6. The van der Waals surface area contributed by atoms with Crippen molar-refractivity contribution >= 4 is 38.9 Å². The van der Waals surface area contributed by atoms with Gasteiger partial charge in [-0.15, -0.1) is 5.10 Å². The third-order valence-electron chi connectivity index (χ3n) is 4.12. The van der Waals surface area contributed by atoms with E-state index in [2.05, 4.69) is 25.6 Å². The van der Waals surface area contributed by atoms with Crippen LogP contribution in [0.3, 0.4) is 0 Å². The van der Waals surface area contributed by atoms with E-state index in [4.69, 9.17) is 11.6 Å². The summed E-state index contributed by atoms with van der Waals surface area (Å²) in [5.41, 5.74) is 3.00. The molecule has 0 saturated carbocycles. The molecule has 0 saturated heterocycles. The van der Waals surface area contributed by atoms with Crippen LogP contribution in [0.25, 0.3) is 5.69 Å². The zero-order valence-corrected chi connectivity index (χ0v) is 15.5.